The average Bonchev–Trinajstić information content (AvgIpc) is 3.63. The predicted octanol–water partition coefficient (Wildman–Crippen LogP) is 4.40. The predicted molar refractivity (Wildman–Crippen MR) is 176 cm³/mol. The van der Waals surface area contributed by atoms with Gasteiger partial charge in [-0.25, -0.2) is 28.5 Å². The van der Waals surface area contributed by atoms with E-state index in [1.54, 1.807) is 12.1 Å². The van der Waals surface area contributed by atoms with E-state index in [2.05, 4.69) is 38.6 Å². The number of nitrogens with two attached hydrogens (primary N) is 1. The van der Waals surface area contributed by atoms with Crippen molar-refractivity contribution in [3.8, 4) is 5.75 Å². The number of fused-ring (bicyclic) bond motifs is 1. The number of aromatic nitrogens is 3. The molecule has 3 unspecified atom stereocenters. The zero-order valence-electron chi connectivity index (χ0n) is 27.1. The van der Waals surface area contributed by atoms with Crippen LogP contribution in [0.5, 0.6) is 5.75 Å². The van der Waals surface area contributed by atoms with E-state index < -0.39 is 61.2 Å². The van der Waals surface area contributed by atoms with Crippen molar-refractivity contribution in [3.05, 3.63) is 68.3 Å². The van der Waals surface area contributed by atoms with E-state index in [1.807, 2.05) is 0 Å². The van der Waals surface area contributed by atoms with Crippen molar-refractivity contribution >= 4 is 46.3 Å². The second kappa shape index (κ2) is 16.9. The van der Waals surface area contributed by atoms with E-state index in [0.717, 1.165) is 25.6 Å². The van der Waals surface area contributed by atoms with Gasteiger partial charge in [-0.05, 0) is 54.1 Å². The number of nitrogen functional groups attached to an aromatic ring is 1. The Morgan fingerprint density at radius 1 is 1.06 bits per heavy atom. The molecular formula is C25H31N10O15P3. The Morgan fingerprint density at radius 2 is 1.81 bits per heavy atom. The lowest BCUT2D eigenvalue weighted by molar-refractivity contribution is -0.0582. The van der Waals surface area contributed by atoms with Gasteiger partial charge in [-0.15, -0.1) is 0 Å². The highest BCUT2D eigenvalue weighted by Crippen LogP contribution is 2.66. The van der Waals surface area contributed by atoms with Crippen molar-refractivity contribution in [1.82, 2.24) is 14.5 Å². The van der Waals surface area contributed by atoms with Crippen LogP contribution in [0.1, 0.15) is 53.4 Å². The van der Waals surface area contributed by atoms with Gasteiger partial charge >= 0.3 is 29.4 Å². The third-order valence-corrected chi connectivity index (χ3v) is 11.6. The molecule has 1 aromatic carbocycles. The molecule has 2 aliphatic rings. The third kappa shape index (κ3) is 10.7. The van der Waals surface area contributed by atoms with Gasteiger partial charge in [0.15, 0.2) is 0 Å². The first-order valence-electron chi connectivity index (χ1n) is 15.2. The maximum absolute atomic E-state index is 13.3. The molecule has 6 N–H and O–H groups in total. The Hall–Kier alpha value is -4.14. The lowest BCUT2D eigenvalue weighted by atomic mass is 9.96. The van der Waals surface area contributed by atoms with E-state index in [1.165, 1.54) is 16.8 Å². The number of anilines is 1. The van der Waals surface area contributed by atoms with Crippen molar-refractivity contribution in [2.75, 3.05) is 19.1 Å². The number of ether oxygens (including phenoxy) is 4. The van der Waals surface area contributed by atoms with Gasteiger partial charge < -0.3 is 48.8 Å². The number of rotatable bonds is 18. The van der Waals surface area contributed by atoms with Crippen molar-refractivity contribution < 1.29 is 70.2 Å². The summed E-state index contributed by atoms with van der Waals surface area (Å²) < 4.78 is 71.8. The van der Waals surface area contributed by atoms with E-state index in [9.17, 15) is 28.3 Å². The van der Waals surface area contributed by atoms with Crippen LogP contribution in [0, 0.1) is 0 Å². The molecule has 1 saturated carbocycles. The van der Waals surface area contributed by atoms with Gasteiger partial charge in [-0.2, -0.15) is 8.62 Å². The monoisotopic (exact) mass is 804 g/mol. The van der Waals surface area contributed by atoms with Gasteiger partial charge in [0.25, 0.3) is 0 Å². The number of esters is 1. The highest BCUT2D eigenvalue weighted by Gasteiger charge is 2.44. The zero-order valence-corrected chi connectivity index (χ0v) is 29.8. The Bertz CT molecular complexity index is 2080. The zero-order chi connectivity index (χ0) is 38.4. The van der Waals surface area contributed by atoms with Crippen LogP contribution in [0.3, 0.4) is 0 Å². The first kappa shape index (κ1) is 40.1. The molecule has 0 spiro atoms. The minimum Gasteiger partial charge on any atom is -0.490 e. The number of hydrogen-bond acceptors (Lipinski definition) is 16. The third-order valence-electron chi connectivity index (χ3n) is 7.75. The molecule has 286 valence electrons. The SMILES string of the molecule is [N-]=[N+]=NCOC1C[C@H](n2cc(COC(=O)c3ccc(OC4CCC4)cc3CN=[N+]=[N-])c3c(N)ncnc32)O[C@@H]1COP(=O)(O)OP(=O)(O)OP(=O)(O)O. The van der Waals surface area contributed by atoms with Crippen LogP contribution in [0.2, 0.25) is 0 Å². The molecule has 0 amide bonds. The molecule has 1 aliphatic heterocycles. The van der Waals surface area contributed by atoms with Crippen LogP contribution in [-0.2, 0) is 54.2 Å². The number of benzene rings is 1. The highest BCUT2D eigenvalue weighted by molar-refractivity contribution is 7.66. The average molecular weight is 805 g/mol. The summed E-state index contributed by atoms with van der Waals surface area (Å²) in [4.78, 5) is 63.9. The van der Waals surface area contributed by atoms with Gasteiger partial charge in [0, 0.05) is 28.0 Å². The van der Waals surface area contributed by atoms with Crippen LogP contribution < -0.4 is 10.5 Å². The molecule has 3 aromatic rings. The van der Waals surface area contributed by atoms with E-state index >= 15 is 0 Å². The van der Waals surface area contributed by atoms with Gasteiger partial charge in [0.1, 0.15) is 49.2 Å². The fraction of sp³-hybridized carbons (Fsp3) is 0.480. The fourth-order valence-electron chi connectivity index (χ4n) is 5.32. The van der Waals surface area contributed by atoms with Crippen molar-refractivity contribution in [3.63, 3.8) is 0 Å². The highest BCUT2D eigenvalue weighted by atomic mass is 31.3. The maximum Gasteiger partial charge on any atom is 0.490 e. The van der Waals surface area contributed by atoms with Gasteiger partial charge in [0.2, 0.25) is 0 Å². The molecule has 25 nitrogen and oxygen atoms in total. The van der Waals surface area contributed by atoms with Crippen LogP contribution in [0.4, 0.5) is 5.82 Å². The smallest absolute Gasteiger partial charge is 0.490 e. The minimum atomic E-state index is -5.79. The molecule has 53 heavy (non-hydrogen) atoms. The minimum absolute atomic E-state index is 0.0136. The molecule has 2 fully saturated rings. The summed E-state index contributed by atoms with van der Waals surface area (Å²) in [6.07, 6.45) is 2.28. The van der Waals surface area contributed by atoms with Gasteiger partial charge in [-0.1, -0.05) is 10.2 Å². The van der Waals surface area contributed by atoms with E-state index in [-0.39, 0.29) is 48.1 Å². The standard InChI is InChI=1S/C25H31N10O15P3/c26-23-22-15(10-44-25(36)18-5-4-17(47-16-2-1-3-16)6-14(18)8-31-33-27)9-35(24(22)30-12-29-23)21-7-19(45-13-32-34-28)20(48-21)11-46-52(40,41)50-53(42,43)49-51(37,38)39/h4-6,9,12,16,19-21H,1-3,7-8,10-11,13H2,(H,40,41)(H,42,43)(H2,26,29,30)(H2,37,38,39)/t19?,20-,21-/m1/s1. The Labute approximate surface area is 297 Å². The molecular weight excluding hydrogens is 773 g/mol. The maximum atomic E-state index is 13.3. The number of nitrogens with zero attached hydrogens (tertiary/aromatic N) is 9. The summed E-state index contributed by atoms with van der Waals surface area (Å²) in [6, 6.07) is 4.73. The molecule has 1 saturated heterocycles. The molecule has 1 aliphatic carbocycles. The van der Waals surface area contributed by atoms with Gasteiger partial charge in [-0.3, -0.25) is 4.52 Å². The first-order chi connectivity index (χ1) is 25.1. The van der Waals surface area contributed by atoms with Crippen molar-refractivity contribution in [1.29, 1.82) is 0 Å². The molecule has 0 radical (unpaired) electrons. The largest absolute Gasteiger partial charge is 0.490 e. The summed E-state index contributed by atoms with van der Waals surface area (Å²) in [5, 5.41) is 7.15. The van der Waals surface area contributed by atoms with Crippen molar-refractivity contribution in [2.45, 2.75) is 63.4 Å². The lowest BCUT2D eigenvalue weighted by Gasteiger charge is -2.26. The molecule has 5 rings (SSSR count). The van der Waals surface area contributed by atoms with Crippen LogP contribution >= 0.6 is 23.5 Å². The van der Waals surface area contributed by atoms with E-state index in [4.69, 9.17) is 50.1 Å². The quantitative estimate of drug-likeness (QED) is 0.0391. The summed E-state index contributed by atoms with van der Waals surface area (Å²) >= 11 is 0. The number of phosphoric acid groups is 3. The summed E-state index contributed by atoms with van der Waals surface area (Å²) in [7, 11) is -16.9. The summed E-state index contributed by atoms with van der Waals surface area (Å²) in [6.45, 7) is -1.88. The van der Waals surface area contributed by atoms with Crippen LogP contribution in [0.25, 0.3) is 31.9 Å². The van der Waals surface area contributed by atoms with Crippen LogP contribution in [-0.4, -0.2) is 71.7 Å². The number of phosphoric ester groups is 1. The first-order valence-corrected chi connectivity index (χ1v) is 19.7. The molecule has 3 heterocycles. The Balaban J connectivity index is 1.34. The number of carbonyl (C=O) groups excluding carboxylic acids is 1. The summed E-state index contributed by atoms with van der Waals surface area (Å²) in [5.41, 5.74) is 24.8. The topological polar surface area (TPSA) is 368 Å². The molecule has 0 bridgehead atoms. The number of carbonyl (C=O) groups is 1. The number of hydrogen-bond donors (Lipinski definition) is 5. The molecule has 5 atom stereocenters. The fourth-order valence-corrected chi connectivity index (χ4v) is 8.35. The Morgan fingerprint density at radius 3 is 2.49 bits per heavy atom. The summed E-state index contributed by atoms with van der Waals surface area (Å²) in [5.74, 6) is -0.226. The van der Waals surface area contributed by atoms with E-state index in [0.29, 0.717) is 16.9 Å². The van der Waals surface area contributed by atoms with Crippen LogP contribution in [0.15, 0.2) is 41.0 Å². The Kier molecular flexibility index (Phi) is 12.8. The number of azide groups is 2. The lowest BCUT2D eigenvalue weighted by Crippen LogP contribution is -2.29. The molecule has 28 heteroatoms. The van der Waals surface area contributed by atoms with Gasteiger partial charge in [0.05, 0.1) is 36.3 Å². The second-order valence-corrected chi connectivity index (χ2v) is 15.7. The normalized spacial score (nSPS) is 21.1. The molecule has 2 aromatic heterocycles. The van der Waals surface area contributed by atoms with Crippen molar-refractivity contribution in [2.24, 2.45) is 10.2 Å². The second-order valence-electron chi connectivity index (χ2n) is 11.3.